The third-order valence-electron chi connectivity index (χ3n) is 4.44. The van der Waals surface area contributed by atoms with Crippen LogP contribution in [0, 0.1) is 0 Å². The highest BCUT2D eigenvalue weighted by Crippen LogP contribution is 2.42. The standard InChI is InChI=1S/C19H15F3O7/c20-19(21,22)29-13-3-11(18-16(6-13)27-9-28-18)8-25-12-1-2-14-10(4-17(23)24)7-26-15(14)5-12/h1-3,5-6,10H,4,7-9H2,(H,23,24). The molecule has 0 saturated heterocycles. The molecule has 4 rings (SSSR count). The lowest BCUT2D eigenvalue weighted by molar-refractivity contribution is -0.274. The molecule has 0 aromatic heterocycles. The van der Waals surface area contributed by atoms with Crippen LogP contribution in [0.5, 0.6) is 28.7 Å². The van der Waals surface area contributed by atoms with E-state index in [1.165, 1.54) is 6.07 Å². The van der Waals surface area contributed by atoms with E-state index in [9.17, 15) is 18.0 Å². The summed E-state index contributed by atoms with van der Waals surface area (Å²) >= 11 is 0. The van der Waals surface area contributed by atoms with Gasteiger partial charge in [-0.25, -0.2) is 0 Å². The molecular formula is C19H15F3O7. The van der Waals surface area contributed by atoms with Crippen molar-refractivity contribution in [3.63, 3.8) is 0 Å². The molecule has 0 saturated carbocycles. The lowest BCUT2D eigenvalue weighted by Crippen LogP contribution is -2.17. The quantitative estimate of drug-likeness (QED) is 0.772. The summed E-state index contributed by atoms with van der Waals surface area (Å²) in [4.78, 5) is 10.9. The van der Waals surface area contributed by atoms with Crippen LogP contribution in [0.15, 0.2) is 30.3 Å². The monoisotopic (exact) mass is 412 g/mol. The summed E-state index contributed by atoms with van der Waals surface area (Å²) in [6.07, 6.45) is -4.88. The molecule has 2 aliphatic heterocycles. The van der Waals surface area contributed by atoms with Crippen molar-refractivity contribution < 1.29 is 46.8 Å². The largest absolute Gasteiger partial charge is 0.573 e. The maximum absolute atomic E-state index is 12.5. The average Bonchev–Trinajstić information content (AvgIpc) is 3.24. The van der Waals surface area contributed by atoms with E-state index in [1.807, 2.05) is 0 Å². The third kappa shape index (κ3) is 4.25. The van der Waals surface area contributed by atoms with Crippen LogP contribution >= 0.6 is 0 Å². The van der Waals surface area contributed by atoms with Gasteiger partial charge < -0.3 is 28.8 Å². The zero-order chi connectivity index (χ0) is 20.6. The van der Waals surface area contributed by atoms with E-state index in [4.69, 9.17) is 24.1 Å². The van der Waals surface area contributed by atoms with Crippen LogP contribution < -0.4 is 23.7 Å². The van der Waals surface area contributed by atoms with Crippen molar-refractivity contribution in [2.45, 2.75) is 25.3 Å². The SMILES string of the molecule is O=C(O)CC1COc2cc(OCc3cc(OC(F)(F)F)cc4c3OCO4)ccc21. The second-order valence-electron chi connectivity index (χ2n) is 6.46. The van der Waals surface area contributed by atoms with Crippen molar-refractivity contribution in [3.05, 3.63) is 41.5 Å². The number of hydrogen-bond donors (Lipinski definition) is 1. The number of alkyl halides is 3. The number of carboxylic acid groups (broad SMARTS) is 1. The van der Waals surface area contributed by atoms with Crippen molar-refractivity contribution in [3.8, 4) is 28.7 Å². The minimum absolute atomic E-state index is 0.0390. The van der Waals surface area contributed by atoms with Crippen molar-refractivity contribution in [1.82, 2.24) is 0 Å². The molecule has 1 N–H and O–H groups in total. The molecule has 0 bridgehead atoms. The van der Waals surface area contributed by atoms with E-state index in [1.54, 1.807) is 18.2 Å². The maximum Gasteiger partial charge on any atom is 0.573 e. The Labute approximate surface area is 162 Å². The molecule has 2 heterocycles. The van der Waals surface area contributed by atoms with Crippen LogP contribution in [0.1, 0.15) is 23.5 Å². The summed E-state index contributed by atoms with van der Waals surface area (Å²) in [6, 6.07) is 7.26. The molecule has 0 amide bonds. The summed E-state index contributed by atoms with van der Waals surface area (Å²) in [5.41, 5.74) is 1.10. The van der Waals surface area contributed by atoms with Crippen molar-refractivity contribution in [2.24, 2.45) is 0 Å². The summed E-state index contributed by atoms with van der Waals surface area (Å²) < 4.78 is 63.2. The van der Waals surface area contributed by atoms with Gasteiger partial charge in [-0.15, -0.1) is 13.2 Å². The molecule has 2 aliphatic rings. The van der Waals surface area contributed by atoms with E-state index in [-0.39, 0.29) is 38.1 Å². The molecule has 7 nitrogen and oxygen atoms in total. The number of carbonyl (C=O) groups is 1. The molecule has 0 aliphatic carbocycles. The van der Waals surface area contributed by atoms with Crippen molar-refractivity contribution in [2.75, 3.05) is 13.4 Å². The Morgan fingerprint density at radius 2 is 1.90 bits per heavy atom. The molecule has 1 unspecified atom stereocenters. The Morgan fingerprint density at radius 3 is 2.66 bits per heavy atom. The van der Waals surface area contributed by atoms with Gasteiger partial charge in [-0.05, 0) is 12.1 Å². The number of ether oxygens (including phenoxy) is 5. The molecule has 154 valence electrons. The number of rotatable bonds is 6. The lowest BCUT2D eigenvalue weighted by Gasteiger charge is -2.13. The van der Waals surface area contributed by atoms with Crippen LogP contribution in [0.25, 0.3) is 0 Å². The summed E-state index contributed by atoms with van der Waals surface area (Å²) in [7, 11) is 0. The number of halogens is 3. The number of hydrogen-bond acceptors (Lipinski definition) is 6. The minimum atomic E-state index is -4.84. The molecule has 0 spiro atoms. The number of benzene rings is 2. The zero-order valence-electron chi connectivity index (χ0n) is 14.8. The minimum Gasteiger partial charge on any atom is -0.492 e. The van der Waals surface area contributed by atoms with Gasteiger partial charge >= 0.3 is 12.3 Å². The zero-order valence-corrected chi connectivity index (χ0v) is 14.8. The van der Waals surface area contributed by atoms with Crippen molar-refractivity contribution >= 4 is 5.97 Å². The van der Waals surface area contributed by atoms with Crippen LogP contribution in [0.4, 0.5) is 13.2 Å². The average molecular weight is 412 g/mol. The Morgan fingerprint density at radius 1 is 1.10 bits per heavy atom. The summed E-state index contributed by atoms with van der Waals surface area (Å²) in [5.74, 6) is -0.223. The van der Waals surface area contributed by atoms with Gasteiger partial charge in [0, 0.05) is 29.2 Å². The first kappa shape index (κ1) is 19.0. The Hall–Kier alpha value is -3.30. The van der Waals surface area contributed by atoms with Gasteiger partial charge in [0.1, 0.15) is 23.9 Å². The van der Waals surface area contributed by atoms with Gasteiger partial charge in [-0.1, -0.05) is 6.07 Å². The van der Waals surface area contributed by atoms with E-state index in [0.717, 1.165) is 11.6 Å². The first-order valence-electron chi connectivity index (χ1n) is 8.58. The smallest absolute Gasteiger partial charge is 0.492 e. The third-order valence-corrected chi connectivity index (χ3v) is 4.44. The normalized spacial score (nSPS) is 16.9. The van der Waals surface area contributed by atoms with Crippen LogP contribution in [0.3, 0.4) is 0 Å². The molecule has 0 radical (unpaired) electrons. The van der Waals surface area contributed by atoms with Crippen LogP contribution in [0.2, 0.25) is 0 Å². The van der Waals surface area contributed by atoms with Gasteiger partial charge in [0.2, 0.25) is 6.79 Å². The van der Waals surface area contributed by atoms with Gasteiger partial charge in [-0.2, -0.15) is 0 Å². The Kier molecular flexibility index (Phi) is 4.77. The highest BCUT2D eigenvalue weighted by atomic mass is 19.4. The van der Waals surface area contributed by atoms with Gasteiger partial charge in [-0.3, -0.25) is 4.79 Å². The lowest BCUT2D eigenvalue weighted by atomic mass is 9.98. The topological polar surface area (TPSA) is 83.5 Å². The molecular weight excluding hydrogens is 397 g/mol. The molecule has 2 aromatic rings. The first-order chi connectivity index (χ1) is 13.8. The van der Waals surface area contributed by atoms with Gasteiger partial charge in [0.25, 0.3) is 0 Å². The fraction of sp³-hybridized carbons (Fsp3) is 0.316. The van der Waals surface area contributed by atoms with Crippen molar-refractivity contribution in [1.29, 1.82) is 0 Å². The second kappa shape index (κ2) is 7.26. The predicted molar refractivity (Wildman–Crippen MR) is 90.5 cm³/mol. The summed E-state index contributed by atoms with van der Waals surface area (Å²) in [6.45, 7) is 0.0497. The number of fused-ring (bicyclic) bond motifs is 2. The molecule has 10 heteroatoms. The van der Waals surface area contributed by atoms with E-state index >= 15 is 0 Å². The fourth-order valence-corrected chi connectivity index (χ4v) is 3.24. The number of carboxylic acids is 1. The molecule has 1 atom stereocenters. The first-order valence-corrected chi connectivity index (χ1v) is 8.58. The van der Waals surface area contributed by atoms with Crippen LogP contribution in [-0.2, 0) is 11.4 Å². The Bertz CT molecular complexity index is 942. The van der Waals surface area contributed by atoms with Gasteiger partial charge in [0.15, 0.2) is 11.5 Å². The summed E-state index contributed by atoms with van der Waals surface area (Å²) in [5, 5.41) is 8.95. The fourth-order valence-electron chi connectivity index (χ4n) is 3.24. The predicted octanol–water partition coefficient (Wildman–Crippen LogP) is 3.84. The molecule has 2 aromatic carbocycles. The van der Waals surface area contributed by atoms with Crippen LogP contribution in [-0.4, -0.2) is 30.8 Å². The van der Waals surface area contributed by atoms with E-state index in [0.29, 0.717) is 22.8 Å². The highest BCUT2D eigenvalue weighted by Gasteiger charge is 2.33. The van der Waals surface area contributed by atoms with E-state index < -0.39 is 18.1 Å². The molecule has 0 fully saturated rings. The van der Waals surface area contributed by atoms with E-state index in [2.05, 4.69) is 4.74 Å². The van der Waals surface area contributed by atoms with Gasteiger partial charge in [0.05, 0.1) is 13.0 Å². The molecule has 29 heavy (non-hydrogen) atoms. The number of aliphatic carboxylic acids is 1. The second-order valence-corrected chi connectivity index (χ2v) is 6.46. The maximum atomic E-state index is 12.5. The Balaban J connectivity index is 1.50. The highest BCUT2D eigenvalue weighted by molar-refractivity contribution is 5.68.